The predicted octanol–water partition coefficient (Wildman–Crippen LogP) is 3.63. The molecule has 0 radical (unpaired) electrons. The van der Waals surface area contributed by atoms with Crippen molar-refractivity contribution in [3.05, 3.63) is 23.8 Å². The molecule has 0 rings (SSSR count). The van der Waals surface area contributed by atoms with Crippen molar-refractivity contribution >= 4 is 5.97 Å². The van der Waals surface area contributed by atoms with Crippen LogP contribution in [-0.4, -0.2) is 12.6 Å². The molecule has 0 N–H and O–H groups in total. The number of hydrogen-bond acceptors (Lipinski definition) is 2. The van der Waals surface area contributed by atoms with Gasteiger partial charge in [-0.3, -0.25) is 4.79 Å². The molecule has 0 aliphatic rings. The summed E-state index contributed by atoms with van der Waals surface area (Å²) in [5, 5.41) is 0. The second-order valence-corrected chi connectivity index (χ2v) is 3.69. The zero-order chi connectivity index (χ0) is 11.5. The van der Waals surface area contributed by atoms with Crippen molar-refractivity contribution in [2.45, 2.75) is 46.5 Å². The molecule has 0 saturated heterocycles. The highest BCUT2D eigenvalue weighted by Gasteiger charge is 1.95. The van der Waals surface area contributed by atoms with Gasteiger partial charge in [-0.1, -0.05) is 23.8 Å². The minimum Gasteiger partial charge on any atom is -0.466 e. The van der Waals surface area contributed by atoms with Crippen molar-refractivity contribution in [3.8, 4) is 0 Å². The third kappa shape index (κ3) is 10.9. The van der Waals surface area contributed by atoms with Gasteiger partial charge in [0.2, 0.25) is 0 Å². The Kier molecular flexibility index (Phi) is 8.84. The highest BCUT2D eigenvalue weighted by molar-refractivity contribution is 5.71. The predicted molar refractivity (Wildman–Crippen MR) is 63.7 cm³/mol. The molecule has 0 aliphatic carbocycles. The largest absolute Gasteiger partial charge is 0.466 e. The second kappa shape index (κ2) is 9.50. The van der Waals surface area contributed by atoms with Gasteiger partial charge in [-0.05, 0) is 40.0 Å². The lowest BCUT2D eigenvalue weighted by Gasteiger charge is -1.96. The Bertz CT molecular complexity index is 223. The van der Waals surface area contributed by atoms with Gasteiger partial charge in [0.1, 0.15) is 0 Å². The fraction of sp³-hybridized carbons (Fsp3) is 0.615. The van der Waals surface area contributed by atoms with E-state index < -0.39 is 0 Å². The van der Waals surface area contributed by atoms with Crippen LogP contribution in [0.4, 0.5) is 0 Å². The SMILES string of the molecule is CCOC(=O)C/C=C/CCCC=C(C)C. The van der Waals surface area contributed by atoms with Crippen LogP contribution in [0.3, 0.4) is 0 Å². The summed E-state index contributed by atoms with van der Waals surface area (Å²) < 4.78 is 4.80. The molecule has 0 heterocycles. The number of rotatable bonds is 7. The zero-order valence-corrected chi connectivity index (χ0v) is 10.1. The van der Waals surface area contributed by atoms with Crippen LogP contribution in [0.15, 0.2) is 23.8 Å². The fourth-order valence-electron chi connectivity index (χ4n) is 1.14. The van der Waals surface area contributed by atoms with Crippen LogP contribution in [0.25, 0.3) is 0 Å². The van der Waals surface area contributed by atoms with Crippen molar-refractivity contribution in [1.82, 2.24) is 0 Å². The molecule has 0 aromatic carbocycles. The molecule has 15 heavy (non-hydrogen) atoms. The van der Waals surface area contributed by atoms with Gasteiger partial charge in [0.05, 0.1) is 13.0 Å². The van der Waals surface area contributed by atoms with Gasteiger partial charge in [-0.2, -0.15) is 0 Å². The molecule has 0 unspecified atom stereocenters. The number of hydrogen-bond donors (Lipinski definition) is 0. The topological polar surface area (TPSA) is 26.3 Å². The summed E-state index contributed by atoms with van der Waals surface area (Å²) in [5.74, 6) is -0.141. The summed E-state index contributed by atoms with van der Waals surface area (Å²) in [6.45, 7) is 6.50. The Morgan fingerprint density at radius 1 is 1.20 bits per heavy atom. The Balaban J connectivity index is 3.39. The van der Waals surface area contributed by atoms with Gasteiger partial charge in [0.15, 0.2) is 0 Å². The Labute approximate surface area is 93.0 Å². The lowest BCUT2D eigenvalue weighted by Crippen LogP contribution is -2.01. The van der Waals surface area contributed by atoms with E-state index in [-0.39, 0.29) is 5.97 Å². The van der Waals surface area contributed by atoms with Gasteiger partial charge in [0.25, 0.3) is 0 Å². The quantitative estimate of drug-likeness (QED) is 0.364. The molecule has 0 fully saturated rings. The van der Waals surface area contributed by atoms with Crippen LogP contribution in [0.2, 0.25) is 0 Å². The maximum Gasteiger partial charge on any atom is 0.309 e. The lowest BCUT2D eigenvalue weighted by molar-refractivity contribution is -0.142. The number of allylic oxidation sites excluding steroid dienone is 3. The summed E-state index contributed by atoms with van der Waals surface area (Å²) in [6.07, 6.45) is 9.87. The first kappa shape index (κ1) is 13.9. The molecule has 2 heteroatoms. The number of esters is 1. The van der Waals surface area contributed by atoms with Crippen molar-refractivity contribution in [2.75, 3.05) is 6.61 Å². The van der Waals surface area contributed by atoms with E-state index in [0.717, 1.165) is 19.3 Å². The van der Waals surface area contributed by atoms with E-state index in [1.165, 1.54) is 5.57 Å². The van der Waals surface area contributed by atoms with E-state index in [9.17, 15) is 4.79 Å². The van der Waals surface area contributed by atoms with Crippen molar-refractivity contribution in [1.29, 1.82) is 0 Å². The summed E-state index contributed by atoms with van der Waals surface area (Å²) in [4.78, 5) is 10.9. The van der Waals surface area contributed by atoms with Crippen molar-refractivity contribution < 1.29 is 9.53 Å². The minimum atomic E-state index is -0.141. The minimum absolute atomic E-state index is 0.141. The summed E-state index contributed by atoms with van der Waals surface area (Å²) in [7, 11) is 0. The van der Waals surface area contributed by atoms with E-state index in [2.05, 4.69) is 26.0 Å². The Hall–Kier alpha value is -1.05. The van der Waals surface area contributed by atoms with Gasteiger partial charge < -0.3 is 4.74 Å². The average Bonchev–Trinajstić information content (AvgIpc) is 2.16. The summed E-state index contributed by atoms with van der Waals surface area (Å²) in [5.41, 5.74) is 1.37. The Morgan fingerprint density at radius 3 is 2.53 bits per heavy atom. The second-order valence-electron chi connectivity index (χ2n) is 3.69. The van der Waals surface area contributed by atoms with Crippen molar-refractivity contribution in [2.24, 2.45) is 0 Å². The van der Waals surface area contributed by atoms with Gasteiger partial charge in [-0.25, -0.2) is 0 Å². The summed E-state index contributed by atoms with van der Waals surface area (Å²) in [6, 6.07) is 0. The van der Waals surface area contributed by atoms with Crippen LogP contribution in [0.1, 0.15) is 46.5 Å². The molecule has 0 aromatic heterocycles. The molecule has 0 spiro atoms. The van der Waals surface area contributed by atoms with E-state index in [4.69, 9.17) is 4.74 Å². The zero-order valence-electron chi connectivity index (χ0n) is 10.1. The van der Waals surface area contributed by atoms with Crippen LogP contribution in [0.5, 0.6) is 0 Å². The normalized spacial score (nSPS) is 10.3. The smallest absolute Gasteiger partial charge is 0.309 e. The lowest BCUT2D eigenvalue weighted by atomic mass is 10.2. The van der Waals surface area contributed by atoms with Crippen LogP contribution < -0.4 is 0 Å². The first-order valence-electron chi connectivity index (χ1n) is 5.60. The van der Waals surface area contributed by atoms with Crippen molar-refractivity contribution in [3.63, 3.8) is 0 Å². The van der Waals surface area contributed by atoms with Gasteiger partial charge in [-0.15, -0.1) is 0 Å². The Morgan fingerprint density at radius 2 is 1.93 bits per heavy atom. The number of ether oxygens (including phenoxy) is 1. The molecule has 0 aromatic rings. The third-order valence-corrected chi connectivity index (χ3v) is 1.88. The number of carbonyl (C=O) groups is 1. The van der Waals surface area contributed by atoms with E-state index in [1.807, 2.05) is 13.0 Å². The molecule has 0 bridgehead atoms. The summed E-state index contributed by atoms with van der Waals surface area (Å²) >= 11 is 0. The average molecular weight is 210 g/mol. The number of unbranched alkanes of at least 4 members (excludes halogenated alkanes) is 2. The molecule has 86 valence electrons. The monoisotopic (exact) mass is 210 g/mol. The number of carbonyl (C=O) groups excluding carboxylic acids is 1. The first-order chi connectivity index (χ1) is 7.16. The highest BCUT2D eigenvalue weighted by atomic mass is 16.5. The van der Waals surface area contributed by atoms with Gasteiger partial charge >= 0.3 is 5.97 Å². The van der Waals surface area contributed by atoms with E-state index in [0.29, 0.717) is 13.0 Å². The van der Waals surface area contributed by atoms with E-state index in [1.54, 1.807) is 0 Å². The standard InChI is InChI=1S/C13H22O2/c1-4-15-13(14)11-9-7-5-6-8-10-12(2)3/h7,9-10H,4-6,8,11H2,1-3H3/b9-7+. The van der Waals surface area contributed by atoms with Gasteiger partial charge in [0, 0.05) is 0 Å². The third-order valence-electron chi connectivity index (χ3n) is 1.88. The molecular weight excluding hydrogens is 188 g/mol. The molecular formula is C13H22O2. The molecule has 0 aliphatic heterocycles. The fourth-order valence-corrected chi connectivity index (χ4v) is 1.14. The van der Waals surface area contributed by atoms with Crippen LogP contribution in [-0.2, 0) is 9.53 Å². The van der Waals surface area contributed by atoms with Crippen LogP contribution >= 0.6 is 0 Å². The first-order valence-corrected chi connectivity index (χ1v) is 5.60. The van der Waals surface area contributed by atoms with E-state index >= 15 is 0 Å². The molecule has 0 amide bonds. The molecule has 2 nitrogen and oxygen atoms in total. The highest BCUT2D eigenvalue weighted by Crippen LogP contribution is 2.01. The molecule has 0 saturated carbocycles. The molecule has 0 atom stereocenters. The maximum absolute atomic E-state index is 10.9. The maximum atomic E-state index is 10.9. The van der Waals surface area contributed by atoms with Crippen LogP contribution in [0, 0.1) is 0 Å².